The lowest BCUT2D eigenvalue weighted by molar-refractivity contribution is -0.184. The average Bonchev–Trinajstić information content (AvgIpc) is 2.40. The first-order chi connectivity index (χ1) is 10.6. The molecule has 0 bridgehead atoms. The fraction of sp³-hybridized carbons (Fsp3) is 0.842. The van der Waals surface area contributed by atoms with Gasteiger partial charge in [0.05, 0.1) is 5.41 Å². The van der Waals surface area contributed by atoms with Crippen molar-refractivity contribution in [2.24, 2.45) is 10.8 Å². The largest absolute Gasteiger partial charge is 0.458 e. The molecule has 1 unspecified atom stereocenters. The number of halogens is 3. The van der Waals surface area contributed by atoms with Gasteiger partial charge in [0.25, 0.3) is 0 Å². The Kier molecular flexibility index (Phi) is 7.59. The number of alkyl halides is 3. The number of allylic oxidation sites excluding steroid dienone is 1. The van der Waals surface area contributed by atoms with Crippen molar-refractivity contribution >= 4 is 5.97 Å². The van der Waals surface area contributed by atoms with E-state index < -0.39 is 35.0 Å². The van der Waals surface area contributed by atoms with Crippen LogP contribution in [0.25, 0.3) is 0 Å². The molecule has 0 fully saturated rings. The molecule has 0 aromatic carbocycles. The molecule has 0 N–H and O–H groups in total. The Morgan fingerprint density at radius 2 is 1.42 bits per heavy atom. The molecule has 5 heteroatoms. The number of hydrogen-bond donors (Lipinski definition) is 0. The molecule has 0 radical (unpaired) electrons. The second-order valence-electron chi connectivity index (χ2n) is 8.07. The second-order valence-corrected chi connectivity index (χ2v) is 8.07. The average molecular weight is 350 g/mol. The van der Waals surface area contributed by atoms with Gasteiger partial charge in [-0.3, -0.25) is 4.79 Å². The summed E-state index contributed by atoms with van der Waals surface area (Å²) in [6.07, 6.45) is -2.83. The summed E-state index contributed by atoms with van der Waals surface area (Å²) in [7, 11) is 0. The van der Waals surface area contributed by atoms with Crippen LogP contribution in [0.4, 0.5) is 13.2 Å². The van der Waals surface area contributed by atoms with Crippen molar-refractivity contribution in [3.05, 3.63) is 11.6 Å². The first-order valence-electron chi connectivity index (χ1n) is 8.59. The van der Waals surface area contributed by atoms with E-state index in [0.717, 1.165) is 5.57 Å². The summed E-state index contributed by atoms with van der Waals surface area (Å²) in [6.45, 7) is 14.9. The lowest BCUT2D eigenvalue weighted by atomic mass is 9.67. The van der Waals surface area contributed by atoms with E-state index in [-0.39, 0.29) is 6.42 Å². The molecular weight excluding hydrogens is 317 g/mol. The van der Waals surface area contributed by atoms with Gasteiger partial charge >= 0.3 is 12.1 Å². The Morgan fingerprint density at radius 3 is 1.71 bits per heavy atom. The van der Waals surface area contributed by atoms with Gasteiger partial charge < -0.3 is 4.74 Å². The van der Waals surface area contributed by atoms with Crippen LogP contribution in [0, 0.1) is 10.8 Å². The zero-order valence-corrected chi connectivity index (χ0v) is 16.4. The minimum atomic E-state index is -4.25. The molecular formula is C19H33F3O2. The van der Waals surface area contributed by atoms with E-state index in [1.54, 1.807) is 20.8 Å². The Labute approximate surface area is 144 Å². The second kappa shape index (κ2) is 7.92. The minimum absolute atomic E-state index is 0.204. The molecule has 0 heterocycles. The Balaban J connectivity index is 5.61. The van der Waals surface area contributed by atoms with Gasteiger partial charge in [0, 0.05) is 6.42 Å². The number of carbonyl (C=O) groups is 1. The lowest BCUT2D eigenvalue weighted by Crippen LogP contribution is -2.45. The van der Waals surface area contributed by atoms with Crippen molar-refractivity contribution in [2.45, 2.75) is 92.9 Å². The van der Waals surface area contributed by atoms with E-state index in [0.29, 0.717) is 12.8 Å². The molecule has 0 rings (SSSR count). The molecule has 0 saturated carbocycles. The van der Waals surface area contributed by atoms with Gasteiger partial charge in [-0.15, -0.1) is 0 Å². The van der Waals surface area contributed by atoms with Crippen molar-refractivity contribution in [3.8, 4) is 0 Å². The predicted molar refractivity (Wildman–Crippen MR) is 91.7 cm³/mol. The maximum Gasteiger partial charge on any atom is 0.389 e. The Bertz CT molecular complexity index is 450. The summed E-state index contributed by atoms with van der Waals surface area (Å²) < 4.78 is 43.7. The monoisotopic (exact) mass is 350 g/mol. The summed E-state index contributed by atoms with van der Waals surface area (Å²) in [5.41, 5.74) is -1.43. The van der Waals surface area contributed by atoms with E-state index in [2.05, 4.69) is 0 Å². The number of esters is 1. The topological polar surface area (TPSA) is 26.3 Å². The van der Waals surface area contributed by atoms with Crippen LogP contribution in [0.3, 0.4) is 0 Å². The molecule has 0 spiro atoms. The molecule has 24 heavy (non-hydrogen) atoms. The molecule has 0 amide bonds. The molecule has 1 atom stereocenters. The van der Waals surface area contributed by atoms with Crippen molar-refractivity contribution in [1.82, 2.24) is 0 Å². The Morgan fingerprint density at radius 1 is 0.958 bits per heavy atom. The molecule has 0 aromatic rings. The standard InChI is InChI=1S/C19H33F3O2/c1-9-18(10-2,11-12-19(20,21)22)24-15(23)17(8,13-14(3)4)16(5,6)7/h13H,9-12H2,1-8H3. The number of carbonyl (C=O) groups excluding carboxylic acids is 1. The maximum absolute atomic E-state index is 13.0. The van der Waals surface area contributed by atoms with Crippen LogP contribution < -0.4 is 0 Å². The fourth-order valence-corrected chi connectivity index (χ4v) is 2.63. The first-order valence-corrected chi connectivity index (χ1v) is 8.59. The molecule has 0 aromatic heterocycles. The number of ether oxygens (including phenoxy) is 1. The van der Waals surface area contributed by atoms with E-state index in [1.807, 2.05) is 40.7 Å². The summed E-state index contributed by atoms with van der Waals surface area (Å²) in [5.74, 6) is -0.456. The highest BCUT2D eigenvalue weighted by Gasteiger charge is 2.47. The number of rotatable bonds is 7. The third-order valence-corrected chi connectivity index (χ3v) is 5.02. The smallest absolute Gasteiger partial charge is 0.389 e. The van der Waals surface area contributed by atoms with Crippen LogP contribution in [-0.4, -0.2) is 17.7 Å². The van der Waals surface area contributed by atoms with Crippen molar-refractivity contribution in [3.63, 3.8) is 0 Å². The predicted octanol–water partition coefficient (Wildman–Crippen LogP) is 6.45. The normalized spacial score (nSPS) is 15.6. The van der Waals surface area contributed by atoms with Crippen LogP contribution in [-0.2, 0) is 9.53 Å². The fourth-order valence-electron chi connectivity index (χ4n) is 2.63. The van der Waals surface area contributed by atoms with Gasteiger partial charge in [0.2, 0.25) is 0 Å². The zero-order valence-electron chi connectivity index (χ0n) is 16.4. The molecule has 142 valence electrons. The minimum Gasteiger partial charge on any atom is -0.458 e. The van der Waals surface area contributed by atoms with E-state index in [1.165, 1.54) is 0 Å². The Hall–Kier alpha value is -1.00. The van der Waals surface area contributed by atoms with E-state index in [4.69, 9.17) is 4.74 Å². The van der Waals surface area contributed by atoms with Gasteiger partial charge in [-0.1, -0.05) is 46.3 Å². The molecule has 0 saturated heterocycles. The molecule has 0 aliphatic heterocycles. The van der Waals surface area contributed by atoms with Crippen molar-refractivity contribution in [2.75, 3.05) is 0 Å². The summed E-state index contributed by atoms with van der Waals surface area (Å²) in [6, 6.07) is 0. The third-order valence-electron chi connectivity index (χ3n) is 5.02. The van der Waals surface area contributed by atoms with Gasteiger partial charge in [-0.2, -0.15) is 13.2 Å². The van der Waals surface area contributed by atoms with Crippen LogP contribution >= 0.6 is 0 Å². The molecule has 2 nitrogen and oxygen atoms in total. The summed E-state index contributed by atoms with van der Waals surface area (Å²) in [4.78, 5) is 13.0. The first kappa shape index (κ1) is 23.0. The number of hydrogen-bond acceptors (Lipinski definition) is 2. The third kappa shape index (κ3) is 6.14. The lowest BCUT2D eigenvalue weighted by Gasteiger charge is -2.42. The van der Waals surface area contributed by atoms with Gasteiger partial charge in [0.15, 0.2) is 0 Å². The SMILES string of the molecule is CCC(CC)(CCC(F)(F)F)OC(=O)C(C)(C=C(C)C)C(C)(C)C. The molecule has 0 aliphatic carbocycles. The van der Waals surface area contributed by atoms with Crippen molar-refractivity contribution < 1.29 is 22.7 Å². The summed E-state index contributed by atoms with van der Waals surface area (Å²) >= 11 is 0. The van der Waals surface area contributed by atoms with Crippen LogP contribution in [0.15, 0.2) is 11.6 Å². The van der Waals surface area contributed by atoms with Gasteiger partial charge in [-0.05, 0) is 45.4 Å². The zero-order chi connectivity index (χ0) is 19.4. The van der Waals surface area contributed by atoms with Crippen molar-refractivity contribution in [1.29, 1.82) is 0 Å². The van der Waals surface area contributed by atoms with Crippen LogP contribution in [0.2, 0.25) is 0 Å². The maximum atomic E-state index is 13.0. The van der Waals surface area contributed by atoms with Gasteiger partial charge in [0.1, 0.15) is 5.60 Å². The van der Waals surface area contributed by atoms with Gasteiger partial charge in [-0.25, -0.2) is 0 Å². The van der Waals surface area contributed by atoms with Crippen LogP contribution in [0.1, 0.15) is 81.1 Å². The quantitative estimate of drug-likeness (QED) is 0.389. The highest BCUT2D eigenvalue weighted by molar-refractivity contribution is 5.80. The highest BCUT2D eigenvalue weighted by atomic mass is 19.4. The van der Waals surface area contributed by atoms with E-state index >= 15 is 0 Å². The summed E-state index contributed by atoms with van der Waals surface area (Å²) in [5, 5.41) is 0. The van der Waals surface area contributed by atoms with Crippen LogP contribution in [0.5, 0.6) is 0 Å². The highest BCUT2D eigenvalue weighted by Crippen LogP contribution is 2.44. The molecule has 0 aliphatic rings. The van der Waals surface area contributed by atoms with E-state index in [9.17, 15) is 18.0 Å².